The summed E-state index contributed by atoms with van der Waals surface area (Å²) < 4.78 is 8.66. The molecule has 0 atom stereocenters. The van der Waals surface area contributed by atoms with Crippen molar-refractivity contribution in [2.24, 2.45) is 0 Å². The van der Waals surface area contributed by atoms with Crippen LogP contribution in [0.5, 0.6) is 0 Å². The number of hydrogen-bond acceptors (Lipinski definition) is 3. The number of phosphoric acid groups is 1. The fourth-order valence-corrected chi connectivity index (χ4v) is 3.33. The molecule has 0 aromatic rings. The van der Waals surface area contributed by atoms with Gasteiger partial charge in [-0.15, -0.1) is 0 Å². The van der Waals surface area contributed by atoms with Crippen LogP contribution in [0.4, 0.5) is 0 Å². The zero-order chi connectivity index (χ0) is 24.1. The molecule has 0 aromatic heterocycles. The van der Waals surface area contributed by atoms with Gasteiger partial charge in [-0.2, -0.15) is 0 Å². The van der Waals surface area contributed by atoms with Crippen LogP contribution in [-0.4, -0.2) is 18.0 Å². The van der Waals surface area contributed by atoms with Crippen molar-refractivity contribution in [3.8, 4) is 0 Å². The van der Waals surface area contributed by atoms with Gasteiger partial charge >= 0.3 is 0 Å². The molecule has 0 rings (SSSR count). The zero-order valence-electron chi connectivity index (χ0n) is 21.1. The van der Waals surface area contributed by atoms with Crippen LogP contribution < -0.4 is 21.3 Å². The topological polar surface area (TPSA) is 139 Å². The molecule has 7 heteroatoms. The van der Waals surface area contributed by atoms with E-state index in [9.17, 15) is 0 Å². The summed E-state index contributed by atoms with van der Waals surface area (Å²) in [4.78, 5) is 24.3. The van der Waals surface area contributed by atoms with Crippen molar-refractivity contribution in [2.75, 3.05) is 13.1 Å². The minimum Gasteiger partial charge on any atom is -0.790 e. The van der Waals surface area contributed by atoms with E-state index in [1.807, 2.05) is 0 Å². The quantitative estimate of drug-likeness (QED) is 0.183. The summed E-state index contributed by atoms with van der Waals surface area (Å²) in [7, 11) is -5.14. The van der Waals surface area contributed by atoms with Crippen molar-refractivity contribution in [1.82, 2.24) is 0 Å². The summed E-state index contributed by atoms with van der Waals surface area (Å²) in [6, 6.07) is 0. The summed E-state index contributed by atoms with van der Waals surface area (Å²) in [5.74, 6) is 0. The Labute approximate surface area is 194 Å². The normalized spacial score (nSPS) is 10.8. The molecule has 0 unspecified atom stereocenters. The van der Waals surface area contributed by atoms with Gasteiger partial charge in [0.25, 0.3) is 0 Å². The molecule has 0 amide bonds. The second-order valence-corrected chi connectivity index (χ2v) is 9.48. The number of hydrogen-bond donors (Lipinski definition) is 3. The Bertz CT molecular complexity index is 291. The molecule has 0 saturated carbocycles. The second kappa shape index (κ2) is 32.2. The highest BCUT2D eigenvalue weighted by Crippen LogP contribution is 2.12. The standard InChI is InChI=1S/2C12H27N.H3O4P/c2*1-2-3-4-5-6-7-8-9-10-11-12-13;1-5(2,3)4/h2*2-13H2,1H3;(H3,1,2,3,4). The van der Waals surface area contributed by atoms with Crippen molar-refractivity contribution in [2.45, 2.75) is 142 Å². The molecule has 31 heavy (non-hydrogen) atoms. The lowest BCUT2D eigenvalue weighted by atomic mass is 10.1. The second-order valence-electron chi connectivity index (χ2n) is 8.54. The lowest BCUT2D eigenvalue weighted by Crippen LogP contribution is -2.50. The molecule has 0 heterocycles. The van der Waals surface area contributed by atoms with Crippen molar-refractivity contribution in [3.05, 3.63) is 0 Å². The van der Waals surface area contributed by atoms with E-state index in [1.165, 1.54) is 128 Å². The summed E-state index contributed by atoms with van der Waals surface area (Å²) in [5.41, 5.74) is 7.71. The molecule has 0 aromatic carbocycles. The van der Waals surface area contributed by atoms with Gasteiger partial charge in [0.2, 0.25) is 0 Å². The Balaban J connectivity index is -0.000000416. The molecule has 0 aliphatic heterocycles. The predicted octanol–water partition coefficient (Wildman–Crippen LogP) is 4.11. The first-order valence-corrected chi connectivity index (χ1v) is 14.7. The van der Waals surface area contributed by atoms with Crippen LogP contribution in [0, 0.1) is 0 Å². The van der Waals surface area contributed by atoms with Gasteiger partial charge in [-0.3, -0.25) is 0 Å². The smallest absolute Gasteiger partial charge is 0.0739 e. The van der Waals surface area contributed by atoms with Gasteiger partial charge in [-0.05, 0) is 25.7 Å². The number of rotatable bonds is 20. The monoisotopic (exact) mass is 468 g/mol. The average Bonchev–Trinajstić information content (AvgIpc) is 2.71. The first-order valence-electron chi connectivity index (χ1n) is 13.2. The van der Waals surface area contributed by atoms with Crippen LogP contribution in [0.1, 0.15) is 142 Å². The van der Waals surface area contributed by atoms with Crippen molar-refractivity contribution >= 4 is 7.82 Å². The summed E-state index contributed by atoms with van der Waals surface area (Å²) in [6.45, 7) is 6.80. The Hall–Kier alpha value is 0.0300. The van der Waals surface area contributed by atoms with Gasteiger partial charge < -0.3 is 30.7 Å². The first-order chi connectivity index (χ1) is 14.8. The highest BCUT2D eigenvalue weighted by molar-refractivity contribution is 7.42. The van der Waals surface area contributed by atoms with Gasteiger partial charge in [0.1, 0.15) is 0 Å². The zero-order valence-corrected chi connectivity index (χ0v) is 22.0. The number of unbranched alkanes of at least 4 members (excludes halogenated alkanes) is 18. The van der Waals surface area contributed by atoms with E-state index < -0.39 is 7.82 Å². The maximum absolute atomic E-state index is 8.66. The molecule has 0 aliphatic carbocycles. The molecule has 192 valence electrons. The lowest BCUT2D eigenvalue weighted by Gasteiger charge is -2.19. The summed E-state index contributed by atoms with van der Waals surface area (Å²) in [6.07, 6.45) is 28.5. The average molecular weight is 469 g/mol. The molecule has 0 bridgehead atoms. The highest BCUT2D eigenvalue weighted by atomic mass is 31.2. The van der Waals surface area contributed by atoms with Gasteiger partial charge in [0.05, 0.1) is 20.9 Å². The molecule has 0 saturated heterocycles. The van der Waals surface area contributed by atoms with E-state index in [0.717, 1.165) is 13.1 Å². The minimum atomic E-state index is -5.14. The lowest BCUT2D eigenvalue weighted by molar-refractivity contribution is -0.368. The minimum absolute atomic E-state index is 1.12. The van der Waals surface area contributed by atoms with Gasteiger partial charge in [-0.25, -0.2) is 0 Å². The van der Waals surface area contributed by atoms with Crippen LogP contribution in [0.25, 0.3) is 0 Å². The highest BCUT2D eigenvalue weighted by Gasteiger charge is 1.92. The van der Waals surface area contributed by atoms with Crippen LogP contribution in [-0.2, 0) is 4.57 Å². The molecule has 0 fully saturated rings. The van der Waals surface area contributed by atoms with Crippen LogP contribution in [0.2, 0.25) is 0 Å². The third-order valence-electron chi connectivity index (χ3n) is 5.21. The van der Waals surface area contributed by atoms with Crippen molar-refractivity contribution in [3.63, 3.8) is 0 Å². The SMILES string of the molecule is CCCCCCCCCCCC[NH3+].CCCCCCCCCCCC[NH3+].O=P([O-])([O-])O. The maximum Gasteiger partial charge on any atom is 0.0739 e. The maximum atomic E-state index is 8.66. The predicted molar refractivity (Wildman–Crippen MR) is 129 cm³/mol. The van der Waals surface area contributed by atoms with E-state index in [4.69, 9.17) is 19.2 Å². The summed E-state index contributed by atoms with van der Waals surface area (Å²) >= 11 is 0. The molecule has 0 radical (unpaired) electrons. The fraction of sp³-hybridized carbons (Fsp3) is 1.00. The third-order valence-corrected chi connectivity index (χ3v) is 5.21. The van der Waals surface area contributed by atoms with Gasteiger partial charge in [0, 0.05) is 0 Å². The van der Waals surface area contributed by atoms with Crippen LogP contribution >= 0.6 is 7.82 Å². The molecule has 7 N–H and O–H groups in total. The Kier molecular flexibility index (Phi) is 37.0. The molecule has 6 nitrogen and oxygen atoms in total. The van der Waals surface area contributed by atoms with E-state index in [2.05, 4.69) is 25.3 Å². The fourth-order valence-electron chi connectivity index (χ4n) is 3.33. The Morgan fingerprint density at radius 3 is 0.839 bits per heavy atom. The van der Waals surface area contributed by atoms with Gasteiger partial charge in [-0.1, -0.05) is 117 Å². The van der Waals surface area contributed by atoms with Crippen LogP contribution in [0.15, 0.2) is 0 Å². The van der Waals surface area contributed by atoms with Crippen molar-refractivity contribution in [1.29, 1.82) is 0 Å². The molecular weight excluding hydrogens is 411 g/mol. The Morgan fingerprint density at radius 1 is 0.516 bits per heavy atom. The first kappa shape index (κ1) is 35.6. The molecular formula is C24H57N2O4P. The van der Waals surface area contributed by atoms with Gasteiger partial charge in [0.15, 0.2) is 0 Å². The Morgan fingerprint density at radius 2 is 0.677 bits per heavy atom. The van der Waals surface area contributed by atoms with Crippen LogP contribution in [0.3, 0.4) is 0 Å². The molecule has 0 aliphatic rings. The number of quaternary nitrogens is 2. The summed E-state index contributed by atoms with van der Waals surface area (Å²) in [5, 5.41) is 0. The van der Waals surface area contributed by atoms with E-state index in [1.54, 1.807) is 0 Å². The van der Waals surface area contributed by atoms with Crippen molar-refractivity contribution < 1.29 is 30.7 Å². The molecule has 0 spiro atoms. The van der Waals surface area contributed by atoms with E-state index in [0.29, 0.717) is 0 Å². The van der Waals surface area contributed by atoms with E-state index >= 15 is 0 Å². The largest absolute Gasteiger partial charge is 0.790 e. The third kappa shape index (κ3) is 58.8. The van der Waals surface area contributed by atoms with E-state index in [-0.39, 0.29) is 0 Å².